The molecule has 9 heteroatoms. The van der Waals surface area contributed by atoms with Crippen molar-refractivity contribution in [3.05, 3.63) is 53.6 Å². The van der Waals surface area contributed by atoms with Gasteiger partial charge in [0.05, 0.1) is 30.9 Å². The first-order valence-corrected chi connectivity index (χ1v) is 12.2. The number of carbonyl (C=O) groups excluding carboxylic acids is 1. The van der Waals surface area contributed by atoms with Crippen LogP contribution in [0.5, 0.6) is 5.75 Å². The van der Waals surface area contributed by atoms with E-state index in [-0.39, 0.29) is 10.8 Å². The van der Waals surface area contributed by atoms with Gasteiger partial charge in [-0.25, -0.2) is 8.42 Å². The van der Waals surface area contributed by atoms with Crippen molar-refractivity contribution in [2.75, 3.05) is 51.8 Å². The van der Waals surface area contributed by atoms with Crippen LogP contribution in [0.1, 0.15) is 29.8 Å². The maximum Gasteiger partial charge on any atom is 0.255 e. The summed E-state index contributed by atoms with van der Waals surface area (Å²) in [5.41, 5.74) is 1.91. The lowest BCUT2D eigenvalue weighted by Crippen LogP contribution is -2.40. The first-order chi connectivity index (χ1) is 15.4. The molecule has 2 aromatic carbocycles. The highest BCUT2D eigenvalue weighted by Crippen LogP contribution is 2.29. The van der Waals surface area contributed by atoms with Crippen LogP contribution >= 0.6 is 0 Å². The molecule has 0 radical (unpaired) electrons. The van der Waals surface area contributed by atoms with Crippen LogP contribution in [0.3, 0.4) is 0 Å². The number of methoxy groups -OCH3 is 1. The summed E-state index contributed by atoms with van der Waals surface area (Å²) in [5, 5.41) is 2.79. The maximum atomic E-state index is 13.0. The highest BCUT2D eigenvalue weighted by Gasteiger charge is 2.27. The van der Waals surface area contributed by atoms with Gasteiger partial charge in [0.15, 0.2) is 0 Å². The Morgan fingerprint density at radius 2 is 1.75 bits per heavy atom. The number of carbonyl (C=O) groups is 1. The molecule has 1 aliphatic heterocycles. The van der Waals surface area contributed by atoms with Crippen LogP contribution in [0.4, 0.5) is 5.69 Å². The monoisotopic (exact) mass is 461 g/mol. The lowest BCUT2D eigenvalue weighted by atomic mass is 10.1. The van der Waals surface area contributed by atoms with E-state index >= 15 is 0 Å². The van der Waals surface area contributed by atoms with E-state index in [9.17, 15) is 13.2 Å². The Labute approximate surface area is 190 Å². The number of hydrogen-bond acceptors (Lipinski definition) is 6. The minimum atomic E-state index is -3.69. The Morgan fingerprint density at radius 3 is 2.34 bits per heavy atom. The van der Waals surface area contributed by atoms with E-state index in [0.29, 0.717) is 43.3 Å². The summed E-state index contributed by atoms with van der Waals surface area (Å²) in [4.78, 5) is 15.2. The zero-order valence-electron chi connectivity index (χ0n) is 18.8. The number of amides is 1. The Kier molecular flexibility index (Phi) is 8.25. The molecular weight excluding hydrogens is 430 g/mol. The van der Waals surface area contributed by atoms with Crippen LogP contribution in [-0.4, -0.2) is 70.0 Å². The summed E-state index contributed by atoms with van der Waals surface area (Å²) in [7, 11) is -2.22. The molecule has 1 amide bonds. The molecule has 2 aromatic rings. The fourth-order valence-corrected chi connectivity index (χ4v) is 4.98. The average Bonchev–Trinajstić information content (AvgIpc) is 2.83. The van der Waals surface area contributed by atoms with E-state index in [1.165, 1.54) is 23.5 Å². The van der Waals surface area contributed by atoms with E-state index in [0.717, 1.165) is 25.2 Å². The highest BCUT2D eigenvalue weighted by atomic mass is 32.2. The number of anilines is 1. The lowest BCUT2D eigenvalue weighted by Gasteiger charge is -2.26. The first-order valence-electron chi connectivity index (χ1n) is 10.8. The molecule has 0 unspecified atom stereocenters. The molecule has 8 nitrogen and oxygen atoms in total. The Morgan fingerprint density at radius 1 is 1.09 bits per heavy atom. The van der Waals surface area contributed by atoms with Gasteiger partial charge in [0.25, 0.3) is 5.91 Å². The summed E-state index contributed by atoms with van der Waals surface area (Å²) < 4.78 is 37.9. The number of ether oxygens (including phenoxy) is 2. The second kappa shape index (κ2) is 10.9. The van der Waals surface area contributed by atoms with Gasteiger partial charge in [-0.15, -0.1) is 0 Å². The molecule has 32 heavy (non-hydrogen) atoms. The minimum absolute atomic E-state index is 0.102. The van der Waals surface area contributed by atoms with Crippen molar-refractivity contribution in [1.82, 2.24) is 9.21 Å². The van der Waals surface area contributed by atoms with Crippen LogP contribution < -0.4 is 10.1 Å². The van der Waals surface area contributed by atoms with Crippen LogP contribution in [0, 0.1) is 0 Å². The molecule has 1 N–H and O–H groups in total. The summed E-state index contributed by atoms with van der Waals surface area (Å²) in [6.07, 6.45) is 0. The largest absolute Gasteiger partial charge is 0.495 e. The highest BCUT2D eigenvalue weighted by molar-refractivity contribution is 7.89. The minimum Gasteiger partial charge on any atom is -0.495 e. The normalized spacial score (nSPS) is 15.0. The zero-order chi connectivity index (χ0) is 23.1. The van der Waals surface area contributed by atoms with Crippen molar-refractivity contribution in [2.45, 2.75) is 25.3 Å². The first kappa shape index (κ1) is 24.2. The number of sulfonamides is 1. The van der Waals surface area contributed by atoms with Gasteiger partial charge in [0.1, 0.15) is 5.75 Å². The quantitative estimate of drug-likeness (QED) is 0.618. The molecular formula is C23H31N3O5S. The zero-order valence-corrected chi connectivity index (χ0v) is 19.7. The van der Waals surface area contributed by atoms with Crippen molar-refractivity contribution in [1.29, 1.82) is 0 Å². The molecule has 174 valence electrons. The smallest absolute Gasteiger partial charge is 0.255 e. The molecule has 3 rings (SSSR count). The van der Waals surface area contributed by atoms with Gasteiger partial charge >= 0.3 is 0 Å². The van der Waals surface area contributed by atoms with E-state index in [4.69, 9.17) is 9.47 Å². The Balaban J connectivity index is 1.78. The summed E-state index contributed by atoms with van der Waals surface area (Å²) in [5.74, 6) is 0.0519. The van der Waals surface area contributed by atoms with Gasteiger partial charge in [-0.3, -0.25) is 9.69 Å². The van der Waals surface area contributed by atoms with Crippen LogP contribution in [-0.2, 0) is 21.3 Å². The predicted octanol–water partition coefficient (Wildman–Crippen LogP) is 2.81. The van der Waals surface area contributed by atoms with Crippen LogP contribution in [0.2, 0.25) is 0 Å². The van der Waals surface area contributed by atoms with Gasteiger partial charge in [-0.2, -0.15) is 4.31 Å². The van der Waals surface area contributed by atoms with Crippen molar-refractivity contribution >= 4 is 21.6 Å². The lowest BCUT2D eigenvalue weighted by molar-refractivity contribution is 0.0730. The fraction of sp³-hybridized carbons (Fsp3) is 0.435. The van der Waals surface area contributed by atoms with Gasteiger partial charge in [0, 0.05) is 25.2 Å². The maximum absolute atomic E-state index is 13.0. The summed E-state index contributed by atoms with van der Waals surface area (Å²) >= 11 is 0. The second-order valence-corrected chi connectivity index (χ2v) is 9.43. The third-order valence-electron chi connectivity index (χ3n) is 5.54. The fourth-order valence-electron chi connectivity index (χ4n) is 3.54. The van der Waals surface area contributed by atoms with E-state index in [1.807, 2.05) is 12.1 Å². The van der Waals surface area contributed by atoms with Crippen LogP contribution in [0.15, 0.2) is 47.4 Å². The van der Waals surface area contributed by atoms with E-state index in [1.54, 1.807) is 18.2 Å². The topological polar surface area (TPSA) is 88.2 Å². The third kappa shape index (κ3) is 5.66. The number of morpholine rings is 1. The number of nitrogens with one attached hydrogen (secondary N) is 1. The molecule has 0 atom stereocenters. The van der Waals surface area contributed by atoms with Gasteiger partial charge in [-0.1, -0.05) is 26.0 Å². The summed E-state index contributed by atoms with van der Waals surface area (Å²) in [6, 6.07) is 11.9. The Hall–Kier alpha value is -2.46. The van der Waals surface area contributed by atoms with Gasteiger partial charge in [0.2, 0.25) is 10.0 Å². The number of hydrogen-bond donors (Lipinski definition) is 1. The third-order valence-corrected chi connectivity index (χ3v) is 7.44. The average molecular weight is 462 g/mol. The van der Waals surface area contributed by atoms with Crippen molar-refractivity contribution < 1.29 is 22.7 Å². The van der Waals surface area contributed by atoms with E-state index in [2.05, 4.69) is 24.1 Å². The summed E-state index contributed by atoms with van der Waals surface area (Å²) in [6.45, 7) is 8.31. The van der Waals surface area contributed by atoms with Crippen molar-refractivity contribution in [3.8, 4) is 5.75 Å². The van der Waals surface area contributed by atoms with Crippen molar-refractivity contribution in [2.24, 2.45) is 0 Å². The molecule has 0 saturated carbocycles. The number of benzene rings is 2. The van der Waals surface area contributed by atoms with Gasteiger partial charge in [-0.05, 0) is 49.0 Å². The van der Waals surface area contributed by atoms with Gasteiger partial charge < -0.3 is 14.8 Å². The second-order valence-electron chi connectivity index (χ2n) is 7.49. The number of rotatable bonds is 9. The Bertz CT molecular complexity index is 1010. The molecule has 0 aromatic heterocycles. The molecule has 0 bridgehead atoms. The predicted molar refractivity (Wildman–Crippen MR) is 124 cm³/mol. The molecule has 0 aliphatic carbocycles. The van der Waals surface area contributed by atoms with Crippen molar-refractivity contribution in [3.63, 3.8) is 0 Å². The van der Waals surface area contributed by atoms with Crippen LogP contribution in [0.25, 0.3) is 0 Å². The molecule has 0 spiro atoms. The number of nitrogens with zero attached hydrogens (tertiary/aromatic N) is 2. The molecule has 1 saturated heterocycles. The molecule has 1 heterocycles. The molecule has 1 fully saturated rings. The SMILES string of the molecule is CCN(CC)Cc1ccc(C(=O)Nc2cc(S(=O)(=O)N3CCOCC3)ccc2OC)cc1. The standard InChI is InChI=1S/C23H31N3O5S/c1-4-25(5-2)17-18-6-8-19(9-7-18)23(27)24-21-16-20(10-11-22(21)30-3)32(28,29)26-12-14-31-15-13-26/h6-11,16H,4-5,12-15,17H2,1-3H3,(H,24,27). The molecule has 1 aliphatic rings. The van der Waals surface area contributed by atoms with E-state index < -0.39 is 10.0 Å².